The number of rotatable bonds is 5. The van der Waals surface area contributed by atoms with Crippen molar-refractivity contribution in [1.82, 2.24) is 0 Å². The van der Waals surface area contributed by atoms with Gasteiger partial charge in [-0.1, -0.05) is 20.8 Å². The highest BCUT2D eigenvalue weighted by Crippen LogP contribution is 2.27. The third-order valence-corrected chi connectivity index (χ3v) is 3.25. The van der Waals surface area contributed by atoms with Crippen LogP contribution in [0, 0.1) is 5.41 Å². The smallest absolute Gasteiger partial charge is 0.342 e. The first-order valence-corrected chi connectivity index (χ1v) is 6.81. The number of carbonyl (C=O) groups is 1. The molecule has 1 N–H and O–H groups in total. The second-order valence-electron chi connectivity index (χ2n) is 5.99. The van der Waals surface area contributed by atoms with E-state index in [1.54, 1.807) is 25.1 Å². The molecule has 0 amide bonds. The van der Waals surface area contributed by atoms with Gasteiger partial charge in [-0.3, -0.25) is 0 Å². The first-order valence-electron chi connectivity index (χ1n) is 6.81. The molecule has 0 fully saturated rings. The Kier molecular flexibility index (Phi) is 5.61. The van der Waals surface area contributed by atoms with E-state index in [2.05, 4.69) is 0 Å². The Hall–Kier alpha value is -1.75. The number of carbonyl (C=O) groups excluding carboxylic acids is 1. The molecule has 0 aromatic heterocycles. The zero-order valence-electron chi connectivity index (χ0n) is 13.5. The van der Waals surface area contributed by atoms with E-state index in [0.717, 1.165) is 0 Å². The van der Waals surface area contributed by atoms with Crippen molar-refractivity contribution in [3.05, 3.63) is 23.8 Å². The SMILES string of the molecule is COc1ccc(OC)c(C(=O)O[C@@H](C)[C@@H](O)C(C)(C)C)c1. The van der Waals surface area contributed by atoms with E-state index >= 15 is 0 Å². The molecule has 1 rings (SSSR count). The minimum Gasteiger partial charge on any atom is -0.497 e. The second kappa shape index (κ2) is 6.80. The van der Waals surface area contributed by atoms with Crippen LogP contribution in [0.5, 0.6) is 11.5 Å². The maximum absolute atomic E-state index is 12.3. The lowest BCUT2D eigenvalue weighted by atomic mass is 9.86. The predicted molar refractivity (Wildman–Crippen MR) is 79.9 cm³/mol. The predicted octanol–water partition coefficient (Wildman–Crippen LogP) is 2.66. The lowest BCUT2D eigenvalue weighted by Gasteiger charge is -2.30. The molecule has 0 bridgehead atoms. The molecule has 0 aliphatic rings. The van der Waals surface area contributed by atoms with E-state index in [1.165, 1.54) is 14.2 Å². The van der Waals surface area contributed by atoms with Crippen LogP contribution in [0.2, 0.25) is 0 Å². The van der Waals surface area contributed by atoms with E-state index in [4.69, 9.17) is 14.2 Å². The Balaban J connectivity index is 2.93. The molecule has 5 heteroatoms. The molecule has 21 heavy (non-hydrogen) atoms. The van der Waals surface area contributed by atoms with E-state index in [1.807, 2.05) is 20.8 Å². The molecular formula is C16H24O5. The molecule has 0 saturated heterocycles. The molecule has 0 unspecified atom stereocenters. The average molecular weight is 296 g/mol. The van der Waals surface area contributed by atoms with Gasteiger partial charge in [0.1, 0.15) is 23.2 Å². The molecule has 0 aliphatic carbocycles. The van der Waals surface area contributed by atoms with Gasteiger partial charge in [0.25, 0.3) is 0 Å². The summed E-state index contributed by atoms with van der Waals surface area (Å²) in [5, 5.41) is 10.1. The highest BCUT2D eigenvalue weighted by Gasteiger charge is 2.31. The van der Waals surface area contributed by atoms with Crippen molar-refractivity contribution in [3.63, 3.8) is 0 Å². The molecule has 0 aliphatic heterocycles. The van der Waals surface area contributed by atoms with Gasteiger partial charge in [-0.2, -0.15) is 0 Å². The summed E-state index contributed by atoms with van der Waals surface area (Å²) in [5.41, 5.74) is -0.108. The number of aliphatic hydroxyl groups is 1. The minimum absolute atomic E-state index is 0.268. The maximum atomic E-state index is 12.3. The first-order chi connectivity index (χ1) is 9.70. The van der Waals surface area contributed by atoms with Crippen LogP contribution in [0.25, 0.3) is 0 Å². The fraction of sp³-hybridized carbons (Fsp3) is 0.562. The monoisotopic (exact) mass is 296 g/mol. The third kappa shape index (κ3) is 4.36. The van der Waals surface area contributed by atoms with Gasteiger partial charge in [0.05, 0.1) is 20.3 Å². The highest BCUT2D eigenvalue weighted by molar-refractivity contribution is 5.93. The Bertz CT molecular complexity index is 490. The zero-order chi connectivity index (χ0) is 16.2. The van der Waals surface area contributed by atoms with Crippen LogP contribution in [0.3, 0.4) is 0 Å². The van der Waals surface area contributed by atoms with E-state index in [0.29, 0.717) is 11.5 Å². The van der Waals surface area contributed by atoms with E-state index < -0.39 is 18.2 Å². The summed E-state index contributed by atoms with van der Waals surface area (Å²) in [5.74, 6) is 0.381. The Morgan fingerprint density at radius 3 is 2.29 bits per heavy atom. The lowest BCUT2D eigenvalue weighted by molar-refractivity contribution is -0.0520. The molecule has 0 saturated carbocycles. The van der Waals surface area contributed by atoms with E-state index in [-0.39, 0.29) is 11.0 Å². The van der Waals surface area contributed by atoms with Crippen molar-refractivity contribution in [2.45, 2.75) is 39.9 Å². The van der Waals surface area contributed by atoms with Gasteiger partial charge in [-0.05, 0) is 30.5 Å². The number of methoxy groups -OCH3 is 2. The summed E-state index contributed by atoms with van der Waals surface area (Å²) in [4.78, 5) is 12.3. The summed E-state index contributed by atoms with van der Waals surface area (Å²) in [6.45, 7) is 7.32. The van der Waals surface area contributed by atoms with Crippen molar-refractivity contribution in [3.8, 4) is 11.5 Å². The largest absolute Gasteiger partial charge is 0.497 e. The van der Waals surface area contributed by atoms with Crippen LogP contribution in [-0.4, -0.2) is 37.5 Å². The number of aliphatic hydroxyl groups excluding tert-OH is 1. The van der Waals surface area contributed by atoms with Gasteiger partial charge >= 0.3 is 5.97 Å². The normalized spacial score (nSPS) is 14.2. The summed E-state index contributed by atoms with van der Waals surface area (Å²) >= 11 is 0. The summed E-state index contributed by atoms with van der Waals surface area (Å²) in [6, 6.07) is 4.89. The van der Waals surface area contributed by atoms with Crippen LogP contribution in [0.1, 0.15) is 38.1 Å². The average Bonchev–Trinajstić information content (AvgIpc) is 2.44. The number of esters is 1. The molecule has 118 valence electrons. The molecule has 0 radical (unpaired) electrons. The minimum atomic E-state index is -0.766. The number of hydrogen-bond donors (Lipinski definition) is 1. The fourth-order valence-corrected chi connectivity index (χ4v) is 1.97. The van der Waals surface area contributed by atoms with Gasteiger partial charge in [0, 0.05) is 0 Å². The Labute approximate surface area is 125 Å². The third-order valence-electron chi connectivity index (χ3n) is 3.25. The molecule has 2 atom stereocenters. The molecule has 0 spiro atoms. The van der Waals surface area contributed by atoms with Crippen molar-refractivity contribution >= 4 is 5.97 Å². The number of benzene rings is 1. The Morgan fingerprint density at radius 1 is 1.19 bits per heavy atom. The van der Waals surface area contributed by atoms with Crippen LogP contribution in [0.4, 0.5) is 0 Å². The summed E-state index contributed by atoms with van der Waals surface area (Å²) in [7, 11) is 2.99. The first kappa shape index (κ1) is 17.3. The molecule has 1 aromatic rings. The van der Waals surface area contributed by atoms with Gasteiger partial charge in [-0.25, -0.2) is 4.79 Å². The van der Waals surface area contributed by atoms with Crippen molar-refractivity contribution in [1.29, 1.82) is 0 Å². The van der Waals surface area contributed by atoms with E-state index in [9.17, 15) is 9.90 Å². The fourth-order valence-electron chi connectivity index (χ4n) is 1.97. The van der Waals surface area contributed by atoms with Crippen LogP contribution >= 0.6 is 0 Å². The zero-order valence-corrected chi connectivity index (χ0v) is 13.5. The Morgan fingerprint density at radius 2 is 1.81 bits per heavy atom. The lowest BCUT2D eigenvalue weighted by Crippen LogP contribution is -2.38. The highest BCUT2D eigenvalue weighted by atomic mass is 16.6. The second-order valence-corrected chi connectivity index (χ2v) is 5.99. The molecular weight excluding hydrogens is 272 g/mol. The van der Waals surface area contributed by atoms with Crippen molar-refractivity contribution in [2.24, 2.45) is 5.41 Å². The summed E-state index contributed by atoms with van der Waals surface area (Å²) in [6.07, 6.45) is -1.40. The van der Waals surface area contributed by atoms with Crippen LogP contribution in [-0.2, 0) is 4.74 Å². The van der Waals surface area contributed by atoms with Gasteiger partial charge in [0.2, 0.25) is 0 Å². The van der Waals surface area contributed by atoms with Crippen LogP contribution < -0.4 is 9.47 Å². The number of ether oxygens (including phenoxy) is 3. The van der Waals surface area contributed by atoms with Crippen molar-refractivity contribution in [2.75, 3.05) is 14.2 Å². The van der Waals surface area contributed by atoms with Gasteiger partial charge < -0.3 is 19.3 Å². The molecule has 5 nitrogen and oxygen atoms in total. The quantitative estimate of drug-likeness (QED) is 0.846. The molecule has 1 aromatic carbocycles. The van der Waals surface area contributed by atoms with Crippen molar-refractivity contribution < 1.29 is 24.1 Å². The molecule has 0 heterocycles. The topological polar surface area (TPSA) is 65.0 Å². The standard InChI is InChI=1S/C16H24O5/c1-10(14(17)16(2,3)4)21-15(18)12-9-11(19-5)7-8-13(12)20-6/h7-10,14,17H,1-6H3/t10-,14+/m0/s1. The summed E-state index contributed by atoms with van der Waals surface area (Å²) < 4.78 is 15.6. The number of hydrogen-bond acceptors (Lipinski definition) is 5. The van der Waals surface area contributed by atoms with Crippen LogP contribution in [0.15, 0.2) is 18.2 Å². The maximum Gasteiger partial charge on any atom is 0.342 e. The van der Waals surface area contributed by atoms with Gasteiger partial charge in [-0.15, -0.1) is 0 Å². The van der Waals surface area contributed by atoms with Gasteiger partial charge in [0.15, 0.2) is 0 Å².